The molecule has 0 unspecified atom stereocenters. The van der Waals surface area contributed by atoms with Gasteiger partial charge in [0.05, 0.1) is 17.0 Å². The molecule has 0 fully saturated rings. The first-order valence-corrected chi connectivity index (χ1v) is 23.6. The van der Waals surface area contributed by atoms with Gasteiger partial charge in [0.25, 0.3) is 6.71 Å². The zero-order chi connectivity index (χ0) is 44.2. The van der Waals surface area contributed by atoms with E-state index in [0.717, 1.165) is 42.6 Å². The molecule has 0 saturated heterocycles. The highest BCUT2D eigenvalue weighted by Crippen LogP contribution is 2.54. The number of aryl methyl sites for hydroxylation is 1. The molecule has 0 radical (unpaired) electrons. The summed E-state index contributed by atoms with van der Waals surface area (Å²) in [7, 11) is 0. The quantitative estimate of drug-likeness (QED) is 0.165. The van der Waals surface area contributed by atoms with E-state index >= 15 is 0 Å². The van der Waals surface area contributed by atoms with Gasteiger partial charge in [-0.15, -0.1) is 0 Å². The molecule has 63 heavy (non-hydrogen) atoms. The second-order valence-corrected chi connectivity index (χ2v) is 23.2. The van der Waals surface area contributed by atoms with E-state index in [1.54, 1.807) is 0 Å². The van der Waals surface area contributed by atoms with Crippen molar-refractivity contribution in [2.24, 2.45) is 0 Å². The number of para-hydroxylation sites is 1. The molecular formula is C59H63BN2O. The SMILES string of the molecule is Cc1cc2c3c(c1)N(c1ccccc1-c1ccccc1)c1c(oc4cc5c(cc14)C(C)(C)CCC5(C)C)B3c1cc3c(cc1N2c1ccc(C(C)(C)C)cc1)C(C)(C)CCC3(C)C. The van der Waals surface area contributed by atoms with Crippen LogP contribution < -0.4 is 26.4 Å². The molecule has 0 saturated carbocycles. The Labute approximate surface area is 376 Å². The molecule has 3 nitrogen and oxygen atoms in total. The fourth-order valence-corrected chi connectivity index (χ4v) is 11.9. The molecular weight excluding hydrogens is 763 g/mol. The molecule has 4 heteroatoms. The van der Waals surface area contributed by atoms with Crippen LogP contribution >= 0.6 is 0 Å². The molecule has 318 valence electrons. The van der Waals surface area contributed by atoms with Crippen molar-refractivity contribution in [3.8, 4) is 11.1 Å². The van der Waals surface area contributed by atoms with E-state index in [4.69, 9.17) is 4.42 Å². The number of furan rings is 1. The van der Waals surface area contributed by atoms with Crippen molar-refractivity contribution >= 4 is 68.4 Å². The molecule has 11 rings (SSSR count). The summed E-state index contributed by atoms with van der Waals surface area (Å²) in [4.78, 5) is 5.19. The van der Waals surface area contributed by atoms with Crippen molar-refractivity contribution in [1.82, 2.24) is 0 Å². The van der Waals surface area contributed by atoms with Gasteiger partial charge in [-0.1, -0.05) is 143 Å². The van der Waals surface area contributed by atoms with Crippen molar-refractivity contribution < 1.29 is 4.42 Å². The summed E-state index contributed by atoms with van der Waals surface area (Å²) in [5, 5.41) is 1.20. The maximum absolute atomic E-state index is 7.62. The molecule has 0 N–H and O–H groups in total. The monoisotopic (exact) mass is 827 g/mol. The van der Waals surface area contributed by atoms with Crippen LogP contribution in [-0.4, -0.2) is 6.71 Å². The normalized spacial score (nSPS) is 18.6. The van der Waals surface area contributed by atoms with Gasteiger partial charge in [0.2, 0.25) is 0 Å². The summed E-state index contributed by atoms with van der Waals surface area (Å²) in [6.07, 6.45) is 4.64. The lowest BCUT2D eigenvalue weighted by molar-refractivity contribution is 0.332. The third-order valence-electron chi connectivity index (χ3n) is 16.0. The van der Waals surface area contributed by atoms with Crippen LogP contribution in [0.5, 0.6) is 0 Å². The predicted molar refractivity (Wildman–Crippen MR) is 270 cm³/mol. The summed E-state index contributed by atoms with van der Waals surface area (Å²) in [6.45, 7) is 28.7. The van der Waals surface area contributed by atoms with Crippen LogP contribution in [0.25, 0.3) is 22.1 Å². The standard InChI is InChI=1S/C59H63BN2O/c1-36-30-49-52-50(31-36)62(47-21-17-16-20-40(47)37-18-14-13-15-19-37)53-41-32-42-45(59(11,12)29-26-56(42,5)6)35-51(41)63-54(53)60(52)46-33-43-44(58(9,10)28-27-57(43,7)8)34-48(46)61(49)39-24-22-38(23-25-39)55(2,3)4/h13-25,30-35H,26-29H2,1-12H3. The van der Waals surface area contributed by atoms with E-state index in [1.165, 1.54) is 89.3 Å². The molecule has 0 amide bonds. The lowest BCUT2D eigenvalue weighted by Crippen LogP contribution is -2.61. The molecule has 0 atom stereocenters. The molecule has 4 aliphatic rings. The Hall–Kier alpha value is -5.48. The number of anilines is 6. The first kappa shape index (κ1) is 40.3. The van der Waals surface area contributed by atoms with Crippen molar-refractivity contribution in [1.29, 1.82) is 0 Å². The van der Waals surface area contributed by atoms with Gasteiger partial charge in [-0.25, -0.2) is 0 Å². The third kappa shape index (κ3) is 5.99. The van der Waals surface area contributed by atoms with E-state index < -0.39 is 0 Å². The predicted octanol–water partition coefficient (Wildman–Crippen LogP) is 14.5. The highest BCUT2D eigenvalue weighted by Gasteiger charge is 2.50. The summed E-state index contributed by atoms with van der Waals surface area (Å²) in [5.41, 5.74) is 23.0. The minimum atomic E-state index is -0.109. The molecule has 2 aliphatic heterocycles. The van der Waals surface area contributed by atoms with Crippen LogP contribution in [0, 0.1) is 6.92 Å². The highest BCUT2D eigenvalue weighted by molar-refractivity contribution is 7.00. The zero-order valence-corrected chi connectivity index (χ0v) is 39.7. The number of rotatable bonds is 3. The molecule has 1 aromatic heterocycles. The maximum atomic E-state index is 7.62. The van der Waals surface area contributed by atoms with E-state index in [-0.39, 0.29) is 33.8 Å². The van der Waals surface area contributed by atoms with Crippen LogP contribution in [0.4, 0.5) is 34.1 Å². The zero-order valence-electron chi connectivity index (χ0n) is 39.7. The largest absolute Gasteiger partial charge is 0.468 e. The van der Waals surface area contributed by atoms with Gasteiger partial charge in [0.15, 0.2) is 0 Å². The van der Waals surface area contributed by atoms with Gasteiger partial charge in [-0.05, 0) is 158 Å². The Balaban J connectivity index is 1.29. The Morgan fingerprint density at radius 3 is 1.70 bits per heavy atom. The molecule has 7 aromatic rings. The molecule has 6 aromatic carbocycles. The van der Waals surface area contributed by atoms with Crippen LogP contribution in [0.1, 0.15) is 135 Å². The second-order valence-electron chi connectivity index (χ2n) is 23.2. The van der Waals surface area contributed by atoms with E-state index in [2.05, 4.69) is 208 Å². The molecule has 3 heterocycles. The fourth-order valence-electron chi connectivity index (χ4n) is 11.9. The topological polar surface area (TPSA) is 19.6 Å². The van der Waals surface area contributed by atoms with E-state index in [0.29, 0.717) is 0 Å². The summed E-state index contributed by atoms with van der Waals surface area (Å²) in [6, 6.07) is 44.5. The minimum Gasteiger partial charge on any atom is -0.468 e. The highest BCUT2D eigenvalue weighted by atomic mass is 16.3. The fraction of sp³-hybridized carbons (Fsp3) is 0.356. The Morgan fingerprint density at radius 2 is 1.08 bits per heavy atom. The van der Waals surface area contributed by atoms with Gasteiger partial charge in [0, 0.05) is 33.7 Å². The Bertz CT molecular complexity index is 3010. The Kier molecular flexibility index (Phi) is 8.50. The lowest BCUT2D eigenvalue weighted by Gasteiger charge is -2.46. The smallest absolute Gasteiger partial charge is 0.297 e. The third-order valence-corrected chi connectivity index (χ3v) is 16.0. The number of hydrogen-bond acceptors (Lipinski definition) is 3. The van der Waals surface area contributed by atoms with Gasteiger partial charge < -0.3 is 14.2 Å². The van der Waals surface area contributed by atoms with Crippen molar-refractivity contribution in [3.05, 3.63) is 149 Å². The van der Waals surface area contributed by atoms with Gasteiger partial charge in [0.1, 0.15) is 5.58 Å². The van der Waals surface area contributed by atoms with Crippen LogP contribution in [0.2, 0.25) is 0 Å². The number of nitrogens with zero attached hydrogens (tertiary/aromatic N) is 2. The van der Waals surface area contributed by atoms with Gasteiger partial charge in [-0.3, -0.25) is 0 Å². The number of hydrogen-bond donors (Lipinski definition) is 0. The van der Waals surface area contributed by atoms with Crippen molar-refractivity contribution in [2.75, 3.05) is 9.80 Å². The first-order valence-electron chi connectivity index (χ1n) is 23.6. The van der Waals surface area contributed by atoms with Crippen LogP contribution in [-0.2, 0) is 27.1 Å². The average Bonchev–Trinajstić information content (AvgIpc) is 3.61. The number of fused-ring (bicyclic) bond motifs is 8. The van der Waals surface area contributed by atoms with E-state index in [1.807, 2.05) is 0 Å². The Morgan fingerprint density at radius 1 is 0.540 bits per heavy atom. The summed E-state index contributed by atoms with van der Waals surface area (Å²) < 4.78 is 7.62. The van der Waals surface area contributed by atoms with Crippen molar-refractivity contribution in [2.45, 2.75) is 136 Å². The lowest BCUT2D eigenvalue weighted by atomic mass is 9.35. The van der Waals surface area contributed by atoms with Crippen LogP contribution in [0.15, 0.2) is 120 Å². The molecule has 0 bridgehead atoms. The minimum absolute atomic E-state index is 0.0394. The van der Waals surface area contributed by atoms with Crippen LogP contribution in [0.3, 0.4) is 0 Å². The van der Waals surface area contributed by atoms with E-state index in [9.17, 15) is 0 Å². The summed E-state index contributed by atoms with van der Waals surface area (Å²) in [5.74, 6) is 0. The maximum Gasteiger partial charge on any atom is 0.297 e. The van der Waals surface area contributed by atoms with Crippen molar-refractivity contribution in [3.63, 3.8) is 0 Å². The van der Waals surface area contributed by atoms with Gasteiger partial charge in [-0.2, -0.15) is 0 Å². The molecule has 2 aliphatic carbocycles. The first-order chi connectivity index (χ1) is 29.7. The van der Waals surface area contributed by atoms with Gasteiger partial charge >= 0.3 is 0 Å². The second kappa shape index (κ2) is 13.3. The number of benzene rings is 6. The average molecular weight is 827 g/mol. The summed E-state index contributed by atoms with van der Waals surface area (Å²) >= 11 is 0. The molecule has 0 spiro atoms.